The SMILES string of the molecule is CCOc1ncccc1C(=O)NC[C@H](C)N1CCN(C)CC1. The van der Waals surface area contributed by atoms with Gasteiger partial charge in [-0.25, -0.2) is 4.98 Å². The van der Waals surface area contributed by atoms with Crippen LogP contribution < -0.4 is 10.1 Å². The van der Waals surface area contributed by atoms with Crippen LogP contribution in [0.1, 0.15) is 24.2 Å². The fourth-order valence-corrected chi connectivity index (χ4v) is 2.54. The number of likely N-dealkylation sites (N-methyl/N-ethyl adjacent to an activating group) is 1. The van der Waals surface area contributed by atoms with Crippen molar-refractivity contribution in [3.8, 4) is 5.88 Å². The Bertz CT molecular complexity index is 487. The first kappa shape index (κ1) is 16.7. The number of rotatable bonds is 6. The Kier molecular flexibility index (Phi) is 6.15. The summed E-state index contributed by atoms with van der Waals surface area (Å²) < 4.78 is 5.41. The number of pyridine rings is 1. The van der Waals surface area contributed by atoms with Crippen LogP contribution in [0.3, 0.4) is 0 Å². The van der Waals surface area contributed by atoms with E-state index in [2.05, 4.69) is 34.1 Å². The van der Waals surface area contributed by atoms with Gasteiger partial charge in [-0.1, -0.05) is 0 Å². The molecule has 1 N–H and O–H groups in total. The molecule has 0 spiro atoms. The molecule has 2 rings (SSSR count). The predicted octanol–water partition coefficient (Wildman–Crippen LogP) is 0.846. The van der Waals surface area contributed by atoms with Gasteiger partial charge >= 0.3 is 0 Å². The fourth-order valence-electron chi connectivity index (χ4n) is 2.54. The van der Waals surface area contributed by atoms with Crippen molar-refractivity contribution in [2.75, 3.05) is 46.4 Å². The molecule has 1 aliphatic heterocycles. The van der Waals surface area contributed by atoms with Crippen molar-refractivity contribution in [1.29, 1.82) is 0 Å². The highest BCUT2D eigenvalue weighted by molar-refractivity contribution is 5.96. The van der Waals surface area contributed by atoms with Crippen molar-refractivity contribution in [1.82, 2.24) is 20.1 Å². The van der Waals surface area contributed by atoms with Gasteiger partial charge in [-0.15, -0.1) is 0 Å². The zero-order chi connectivity index (χ0) is 15.9. The summed E-state index contributed by atoms with van der Waals surface area (Å²) in [6.07, 6.45) is 1.63. The molecule has 0 radical (unpaired) electrons. The van der Waals surface area contributed by atoms with Crippen molar-refractivity contribution in [2.24, 2.45) is 0 Å². The van der Waals surface area contributed by atoms with Crippen LogP contribution in [0.2, 0.25) is 0 Å². The van der Waals surface area contributed by atoms with Gasteiger partial charge in [0.25, 0.3) is 5.91 Å². The second-order valence-electron chi connectivity index (χ2n) is 5.69. The third kappa shape index (κ3) is 4.42. The van der Waals surface area contributed by atoms with Crippen LogP contribution >= 0.6 is 0 Å². The highest BCUT2D eigenvalue weighted by Crippen LogP contribution is 2.14. The lowest BCUT2D eigenvalue weighted by Gasteiger charge is -2.36. The first-order valence-corrected chi connectivity index (χ1v) is 7.90. The second-order valence-corrected chi connectivity index (χ2v) is 5.69. The number of amides is 1. The Balaban J connectivity index is 1.87. The van der Waals surface area contributed by atoms with Crippen LogP contribution in [-0.4, -0.2) is 73.1 Å². The number of aromatic nitrogens is 1. The molecule has 0 aliphatic carbocycles. The number of hydrogen-bond acceptors (Lipinski definition) is 5. The maximum Gasteiger partial charge on any atom is 0.256 e. The lowest BCUT2D eigenvalue weighted by Crippen LogP contribution is -2.51. The van der Waals surface area contributed by atoms with Gasteiger partial charge < -0.3 is 15.0 Å². The number of carbonyl (C=O) groups is 1. The topological polar surface area (TPSA) is 57.7 Å². The van der Waals surface area contributed by atoms with E-state index >= 15 is 0 Å². The molecule has 1 aromatic heterocycles. The number of nitrogens with one attached hydrogen (secondary N) is 1. The summed E-state index contributed by atoms with van der Waals surface area (Å²) in [6, 6.07) is 3.82. The molecule has 0 aromatic carbocycles. The van der Waals surface area contributed by atoms with Crippen molar-refractivity contribution in [3.63, 3.8) is 0 Å². The minimum Gasteiger partial charge on any atom is -0.477 e. The van der Waals surface area contributed by atoms with E-state index in [0.29, 0.717) is 30.6 Å². The van der Waals surface area contributed by atoms with E-state index in [4.69, 9.17) is 4.74 Å². The van der Waals surface area contributed by atoms with Gasteiger partial charge in [0.15, 0.2) is 0 Å². The van der Waals surface area contributed by atoms with E-state index in [0.717, 1.165) is 26.2 Å². The molecule has 1 aromatic rings. The number of ether oxygens (including phenoxy) is 1. The van der Waals surface area contributed by atoms with Gasteiger partial charge in [-0.05, 0) is 33.0 Å². The maximum atomic E-state index is 12.3. The third-order valence-electron chi connectivity index (χ3n) is 4.02. The monoisotopic (exact) mass is 306 g/mol. The molecule has 6 heteroatoms. The van der Waals surface area contributed by atoms with Crippen LogP contribution in [0, 0.1) is 0 Å². The smallest absolute Gasteiger partial charge is 0.256 e. The van der Waals surface area contributed by atoms with E-state index in [1.54, 1.807) is 18.3 Å². The molecule has 0 bridgehead atoms. The maximum absolute atomic E-state index is 12.3. The van der Waals surface area contributed by atoms with Gasteiger partial charge in [0.2, 0.25) is 5.88 Å². The van der Waals surface area contributed by atoms with Crippen molar-refractivity contribution in [2.45, 2.75) is 19.9 Å². The summed E-state index contributed by atoms with van der Waals surface area (Å²) in [5.74, 6) is 0.271. The average Bonchev–Trinajstić information content (AvgIpc) is 2.54. The van der Waals surface area contributed by atoms with Crippen molar-refractivity contribution in [3.05, 3.63) is 23.9 Å². The van der Waals surface area contributed by atoms with E-state index in [-0.39, 0.29) is 5.91 Å². The summed E-state index contributed by atoms with van der Waals surface area (Å²) in [6.45, 7) is 9.40. The largest absolute Gasteiger partial charge is 0.477 e. The van der Waals surface area contributed by atoms with Crippen LogP contribution in [0.25, 0.3) is 0 Å². The molecular weight excluding hydrogens is 280 g/mol. The molecule has 6 nitrogen and oxygen atoms in total. The third-order valence-corrected chi connectivity index (χ3v) is 4.02. The summed E-state index contributed by atoms with van der Waals surface area (Å²) in [7, 11) is 2.14. The molecule has 1 atom stereocenters. The van der Waals surface area contributed by atoms with Crippen molar-refractivity contribution < 1.29 is 9.53 Å². The molecule has 0 saturated carbocycles. The summed E-state index contributed by atoms with van der Waals surface area (Å²) >= 11 is 0. The Morgan fingerprint density at radius 1 is 1.41 bits per heavy atom. The summed E-state index contributed by atoms with van der Waals surface area (Å²) in [4.78, 5) is 21.2. The lowest BCUT2D eigenvalue weighted by molar-refractivity contribution is 0.0899. The average molecular weight is 306 g/mol. The normalized spacial score (nSPS) is 18.0. The van der Waals surface area contributed by atoms with Gasteiger partial charge in [0, 0.05) is 45.0 Å². The molecule has 22 heavy (non-hydrogen) atoms. The van der Waals surface area contributed by atoms with Crippen molar-refractivity contribution >= 4 is 5.91 Å². The van der Waals surface area contributed by atoms with Crippen LogP contribution in [0.4, 0.5) is 0 Å². The Morgan fingerprint density at radius 3 is 2.82 bits per heavy atom. The van der Waals surface area contributed by atoms with Gasteiger partial charge in [0.05, 0.1) is 6.61 Å². The molecule has 2 heterocycles. The van der Waals surface area contributed by atoms with Gasteiger partial charge in [0.1, 0.15) is 5.56 Å². The highest BCUT2D eigenvalue weighted by Gasteiger charge is 2.20. The van der Waals surface area contributed by atoms with Gasteiger partial charge in [-0.2, -0.15) is 0 Å². The van der Waals surface area contributed by atoms with Crippen LogP contribution in [0.5, 0.6) is 5.88 Å². The Morgan fingerprint density at radius 2 is 2.14 bits per heavy atom. The molecule has 1 amide bonds. The zero-order valence-corrected chi connectivity index (χ0v) is 13.7. The minimum absolute atomic E-state index is 0.127. The molecule has 0 unspecified atom stereocenters. The van der Waals surface area contributed by atoms with E-state index in [1.165, 1.54) is 0 Å². The first-order chi connectivity index (χ1) is 10.6. The molecule has 1 saturated heterocycles. The Labute approximate surface area is 132 Å². The molecular formula is C16H26N4O2. The highest BCUT2D eigenvalue weighted by atomic mass is 16.5. The minimum atomic E-state index is -0.127. The number of hydrogen-bond donors (Lipinski definition) is 1. The standard InChI is InChI=1S/C16H26N4O2/c1-4-22-16-14(6-5-7-17-16)15(21)18-12-13(2)20-10-8-19(3)9-11-20/h5-7,13H,4,8-12H2,1-3H3,(H,18,21)/t13-/m0/s1. The number of piperazine rings is 1. The molecule has 1 fully saturated rings. The molecule has 122 valence electrons. The summed E-state index contributed by atoms with van der Waals surface area (Å²) in [5, 5.41) is 2.99. The quantitative estimate of drug-likeness (QED) is 0.844. The van der Waals surface area contributed by atoms with E-state index < -0.39 is 0 Å². The number of carbonyl (C=O) groups excluding carboxylic acids is 1. The lowest BCUT2D eigenvalue weighted by atomic mass is 10.2. The predicted molar refractivity (Wildman–Crippen MR) is 86.3 cm³/mol. The Hall–Kier alpha value is -1.66. The van der Waals surface area contributed by atoms with E-state index in [1.807, 2.05) is 6.92 Å². The molecule has 1 aliphatic rings. The second kappa shape index (κ2) is 8.10. The van der Waals surface area contributed by atoms with E-state index in [9.17, 15) is 4.79 Å². The van der Waals surface area contributed by atoms with Crippen LogP contribution in [0.15, 0.2) is 18.3 Å². The number of nitrogens with zero attached hydrogens (tertiary/aromatic N) is 3. The first-order valence-electron chi connectivity index (χ1n) is 7.90. The fraction of sp³-hybridized carbons (Fsp3) is 0.625. The summed E-state index contributed by atoms with van der Waals surface area (Å²) in [5.41, 5.74) is 0.495. The zero-order valence-electron chi connectivity index (χ0n) is 13.7. The van der Waals surface area contributed by atoms with Crippen LogP contribution in [-0.2, 0) is 0 Å². The van der Waals surface area contributed by atoms with Gasteiger partial charge in [-0.3, -0.25) is 9.69 Å².